The summed E-state index contributed by atoms with van der Waals surface area (Å²) < 4.78 is 27.7. The Balaban J connectivity index is 4.97. The van der Waals surface area contributed by atoms with E-state index in [1.165, 1.54) is 4.31 Å². The Hall–Kier alpha value is -0.170. The van der Waals surface area contributed by atoms with Gasteiger partial charge in [0.05, 0.1) is 0 Å². The van der Waals surface area contributed by atoms with Crippen LogP contribution >= 0.6 is 0 Å². The van der Waals surface area contributed by atoms with Crippen molar-refractivity contribution in [3.05, 3.63) is 0 Å². The van der Waals surface area contributed by atoms with Gasteiger partial charge >= 0.3 is 0 Å². The van der Waals surface area contributed by atoms with Gasteiger partial charge in [0.15, 0.2) is 0 Å². The molecule has 0 radical (unpaired) electrons. The Morgan fingerprint density at radius 1 is 1.33 bits per heavy atom. The molecule has 15 heavy (non-hydrogen) atoms. The molecule has 5 nitrogen and oxygen atoms in total. The zero-order chi connectivity index (χ0) is 12.1. The third kappa shape index (κ3) is 4.06. The Labute approximate surface area is 93.2 Å². The van der Waals surface area contributed by atoms with E-state index in [0.29, 0.717) is 19.6 Å². The molecule has 0 heterocycles. The first-order chi connectivity index (χ1) is 6.81. The molecular weight excluding hydrogens is 214 g/mol. The predicted octanol–water partition coefficient (Wildman–Crippen LogP) is 0.290. The molecular formula is C9H23N3O2S. The SMILES string of the molecule is CCCN(C(C)(C)CN)S(=O)(=O)NCC. The Bertz CT molecular complexity index is 275. The first kappa shape index (κ1) is 14.8. The highest BCUT2D eigenvalue weighted by molar-refractivity contribution is 7.87. The molecule has 6 heteroatoms. The molecule has 0 rings (SSSR count). The average Bonchev–Trinajstić information content (AvgIpc) is 2.13. The molecule has 3 N–H and O–H groups in total. The molecule has 92 valence electrons. The lowest BCUT2D eigenvalue weighted by molar-refractivity contribution is 0.232. The molecule has 0 saturated heterocycles. The molecule has 0 spiro atoms. The molecule has 0 aromatic rings. The minimum absolute atomic E-state index is 0.303. The molecule has 0 aromatic heterocycles. The smallest absolute Gasteiger partial charge is 0.279 e. The van der Waals surface area contributed by atoms with E-state index in [4.69, 9.17) is 5.73 Å². The lowest BCUT2D eigenvalue weighted by Gasteiger charge is -2.36. The van der Waals surface area contributed by atoms with Gasteiger partial charge in [0, 0.05) is 25.2 Å². The third-order valence-electron chi connectivity index (χ3n) is 2.22. The van der Waals surface area contributed by atoms with Gasteiger partial charge < -0.3 is 5.73 Å². The van der Waals surface area contributed by atoms with Crippen LogP contribution in [0.2, 0.25) is 0 Å². The van der Waals surface area contributed by atoms with Crippen molar-refractivity contribution in [2.24, 2.45) is 5.73 Å². The van der Waals surface area contributed by atoms with Gasteiger partial charge in [-0.05, 0) is 20.3 Å². The van der Waals surface area contributed by atoms with Gasteiger partial charge in [0.1, 0.15) is 0 Å². The molecule has 0 bridgehead atoms. The second kappa shape index (κ2) is 5.79. The van der Waals surface area contributed by atoms with Crippen LogP contribution in [0.1, 0.15) is 34.1 Å². The summed E-state index contributed by atoms with van der Waals surface area (Å²) in [6.07, 6.45) is 0.772. The van der Waals surface area contributed by atoms with Gasteiger partial charge in [-0.1, -0.05) is 13.8 Å². The van der Waals surface area contributed by atoms with Crippen molar-refractivity contribution in [1.29, 1.82) is 0 Å². The summed E-state index contributed by atoms with van der Waals surface area (Å²) in [4.78, 5) is 0. The lowest BCUT2D eigenvalue weighted by Crippen LogP contribution is -2.55. The summed E-state index contributed by atoms with van der Waals surface area (Å²) in [7, 11) is -3.40. The number of nitrogens with zero attached hydrogens (tertiary/aromatic N) is 1. The van der Waals surface area contributed by atoms with Crippen LogP contribution in [0.25, 0.3) is 0 Å². The predicted molar refractivity (Wildman–Crippen MR) is 62.7 cm³/mol. The van der Waals surface area contributed by atoms with E-state index in [-0.39, 0.29) is 0 Å². The fourth-order valence-electron chi connectivity index (χ4n) is 1.31. The first-order valence-corrected chi connectivity index (χ1v) is 6.73. The van der Waals surface area contributed by atoms with Gasteiger partial charge in [0.25, 0.3) is 10.2 Å². The zero-order valence-corrected chi connectivity index (χ0v) is 10.9. The molecule has 0 atom stereocenters. The zero-order valence-electron chi connectivity index (χ0n) is 10.1. The van der Waals surface area contributed by atoms with E-state index in [9.17, 15) is 8.42 Å². The number of hydrogen-bond donors (Lipinski definition) is 2. The lowest BCUT2D eigenvalue weighted by atomic mass is 10.1. The van der Waals surface area contributed by atoms with E-state index >= 15 is 0 Å². The molecule has 0 aliphatic rings. The van der Waals surface area contributed by atoms with Gasteiger partial charge in [-0.25, -0.2) is 4.72 Å². The number of rotatable bonds is 7. The molecule has 0 aromatic carbocycles. The largest absolute Gasteiger partial charge is 0.329 e. The van der Waals surface area contributed by atoms with Crippen molar-refractivity contribution in [3.63, 3.8) is 0 Å². The second-order valence-electron chi connectivity index (χ2n) is 4.09. The standard InChI is InChI=1S/C9H23N3O2S/c1-5-7-12(9(3,4)8-10)15(13,14)11-6-2/h11H,5-8,10H2,1-4H3. The van der Waals surface area contributed by atoms with Crippen LogP contribution in [0, 0.1) is 0 Å². The van der Waals surface area contributed by atoms with Gasteiger partial charge in [-0.3, -0.25) is 0 Å². The third-order valence-corrected chi connectivity index (χ3v) is 4.13. The minimum Gasteiger partial charge on any atom is -0.329 e. The summed E-state index contributed by atoms with van der Waals surface area (Å²) in [5.74, 6) is 0. The maximum absolute atomic E-state index is 11.9. The van der Waals surface area contributed by atoms with Gasteiger partial charge in [0.2, 0.25) is 0 Å². The summed E-state index contributed by atoms with van der Waals surface area (Å²) in [5, 5.41) is 0. The molecule has 0 aliphatic carbocycles. The average molecular weight is 237 g/mol. The highest BCUT2D eigenvalue weighted by Crippen LogP contribution is 2.16. The van der Waals surface area contributed by atoms with E-state index in [1.54, 1.807) is 6.92 Å². The summed E-state index contributed by atoms with van der Waals surface area (Å²) in [6.45, 7) is 8.55. The maximum Gasteiger partial charge on any atom is 0.279 e. The molecule has 0 fully saturated rings. The first-order valence-electron chi connectivity index (χ1n) is 5.29. The normalized spacial score (nSPS) is 13.5. The number of hydrogen-bond acceptors (Lipinski definition) is 3. The van der Waals surface area contributed by atoms with Crippen molar-refractivity contribution in [2.75, 3.05) is 19.6 Å². The minimum atomic E-state index is -3.40. The van der Waals surface area contributed by atoms with Crippen LogP contribution in [0.4, 0.5) is 0 Å². The fourth-order valence-corrected chi connectivity index (χ4v) is 2.98. The van der Waals surface area contributed by atoms with Crippen molar-refractivity contribution in [1.82, 2.24) is 9.03 Å². The molecule has 0 unspecified atom stereocenters. The Kier molecular flexibility index (Phi) is 5.72. The van der Waals surface area contributed by atoms with Crippen LogP contribution in [0.15, 0.2) is 0 Å². The number of nitrogens with one attached hydrogen (secondary N) is 1. The molecule has 0 amide bonds. The van der Waals surface area contributed by atoms with Crippen molar-refractivity contribution < 1.29 is 8.42 Å². The van der Waals surface area contributed by atoms with E-state index in [1.807, 2.05) is 20.8 Å². The van der Waals surface area contributed by atoms with E-state index in [2.05, 4.69) is 4.72 Å². The van der Waals surface area contributed by atoms with Crippen LogP contribution in [0.3, 0.4) is 0 Å². The van der Waals surface area contributed by atoms with Crippen molar-refractivity contribution in [2.45, 2.75) is 39.7 Å². The summed E-state index contributed by atoms with van der Waals surface area (Å²) >= 11 is 0. The van der Waals surface area contributed by atoms with Crippen LogP contribution in [0.5, 0.6) is 0 Å². The quantitative estimate of drug-likeness (QED) is 0.668. The maximum atomic E-state index is 11.9. The second-order valence-corrected chi connectivity index (χ2v) is 5.77. The highest BCUT2D eigenvalue weighted by atomic mass is 32.2. The van der Waals surface area contributed by atoms with Crippen LogP contribution in [-0.4, -0.2) is 37.9 Å². The Morgan fingerprint density at radius 2 is 1.87 bits per heavy atom. The van der Waals surface area contributed by atoms with Crippen molar-refractivity contribution in [3.8, 4) is 0 Å². The van der Waals surface area contributed by atoms with Crippen molar-refractivity contribution >= 4 is 10.2 Å². The Morgan fingerprint density at radius 3 is 2.20 bits per heavy atom. The molecule has 0 saturated carbocycles. The van der Waals surface area contributed by atoms with Crippen LogP contribution < -0.4 is 10.5 Å². The van der Waals surface area contributed by atoms with E-state index in [0.717, 1.165) is 6.42 Å². The molecule has 0 aliphatic heterocycles. The van der Waals surface area contributed by atoms with Gasteiger partial charge in [-0.2, -0.15) is 12.7 Å². The highest BCUT2D eigenvalue weighted by Gasteiger charge is 2.33. The number of nitrogens with two attached hydrogens (primary N) is 1. The fraction of sp³-hybridized carbons (Fsp3) is 1.00. The topological polar surface area (TPSA) is 75.4 Å². The van der Waals surface area contributed by atoms with Crippen LogP contribution in [-0.2, 0) is 10.2 Å². The van der Waals surface area contributed by atoms with Gasteiger partial charge in [-0.15, -0.1) is 0 Å². The monoisotopic (exact) mass is 237 g/mol. The van der Waals surface area contributed by atoms with E-state index < -0.39 is 15.7 Å². The summed E-state index contributed by atoms with van der Waals surface area (Å²) in [5.41, 5.74) is 5.05. The summed E-state index contributed by atoms with van der Waals surface area (Å²) in [6, 6.07) is 0.